The van der Waals surface area contributed by atoms with Gasteiger partial charge in [0.15, 0.2) is 0 Å². The van der Waals surface area contributed by atoms with Crippen molar-refractivity contribution in [2.75, 3.05) is 6.54 Å². The van der Waals surface area contributed by atoms with Crippen LogP contribution in [0.2, 0.25) is 5.02 Å². The Kier molecular flexibility index (Phi) is 5.35. The number of pyridine rings is 1. The third-order valence-electron chi connectivity index (χ3n) is 5.47. The molecule has 2 aromatic heterocycles. The second-order valence-electron chi connectivity index (χ2n) is 7.60. The van der Waals surface area contributed by atoms with Crippen molar-refractivity contribution in [3.63, 3.8) is 0 Å². The van der Waals surface area contributed by atoms with Crippen LogP contribution in [0.1, 0.15) is 22.2 Å². The first-order valence-electron chi connectivity index (χ1n) is 10.3. The number of hydrogen-bond acceptors (Lipinski definition) is 3. The number of amides is 1. The van der Waals surface area contributed by atoms with Gasteiger partial charge in [0.2, 0.25) is 0 Å². The molecule has 0 unspecified atom stereocenters. The number of aliphatic hydroxyl groups is 1. The van der Waals surface area contributed by atoms with Crippen LogP contribution in [0, 0.1) is 0 Å². The van der Waals surface area contributed by atoms with Crippen LogP contribution in [-0.2, 0) is 0 Å². The monoisotopic (exact) mass is 441 g/mol. The van der Waals surface area contributed by atoms with E-state index in [1.165, 1.54) is 0 Å². The van der Waals surface area contributed by atoms with E-state index in [0.717, 1.165) is 32.9 Å². The number of carbonyl (C=O) groups is 1. The van der Waals surface area contributed by atoms with Crippen LogP contribution in [0.25, 0.3) is 33.1 Å². The number of para-hydroxylation sites is 1. The van der Waals surface area contributed by atoms with Crippen molar-refractivity contribution in [3.8, 4) is 11.3 Å². The molecule has 5 rings (SSSR count). The first kappa shape index (κ1) is 20.2. The molecule has 0 spiro atoms. The smallest absolute Gasteiger partial charge is 0.270 e. The first-order valence-corrected chi connectivity index (χ1v) is 10.7. The zero-order chi connectivity index (χ0) is 22.1. The number of aromatic amines is 1. The van der Waals surface area contributed by atoms with Crippen LogP contribution in [-0.4, -0.2) is 27.5 Å². The Bertz CT molecular complexity index is 1430. The van der Waals surface area contributed by atoms with Gasteiger partial charge in [-0.05, 0) is 29.8 Å². The Hall–Kier alpha value is -3.67. The molecule has 2 heterocycles. The van der Waals surface area contributed by atoms with E-state index in [1.54, 1.807) is 12.1 Å². The number of nitrogens with one attached hydrogen (secondary N) is 2. The predicted octanol–water partition coefficient (Wildman–Crippen LogP) is 5.50. The van der Waals surface area contributed by atoms with Crippen molar-refractivity contribution in [2.45, 2.75) is 6.10 Å². The average molecular weight is 442 g/mol. The summed E-state index contributed by atoms with van der Waals surface area (Å²) >= 11 is 6.22. The summed E-state index contributed by atoms with van der Waals surface area (Å²) in [5.41, 5.74) is 4.28. The standard InChI is InChI=1S/C26H20ClN3O2/c27-18-10-6-9-17(13-18)24-25-20(19-11-4-5-12-21(19)29-25)14-22(30-24)26(32)28-15-23(31)16-7-2-1-3-8-16/h1-14,23,29,31H,15H2,(H,28,32)/t23-/m1/s1. The third-order valence-corrected chi connectivity index (χ3v) is 5.70. The predicted molar refractivity (Wildman–Crippen MR) is 128 cm³/mol. The van der Waals surface area contributed by atoms with E-state index in [2.05, 4.69) is 15.3 Å². The molecule has 0 saturated heterocycles. The Balaban J connectivity index is 1.55. The summed E-state index contributed by atoms with van der Waals surface area (Å²) in [7, 11) is 0. The molecule has 1 amide bonds. The Morgan fingerprint density at radius 1 is 0.969 bits per heavy atom. The summed E-state index contributed by atoms with van der Waals surface area (Å²) in [6.07, 6.45) is -0.802. The molecule has 5 aromatic rings. The van der Waals surface area contributed by atoms with Crippen LogP contribution in [0.3, 0.4) is 0 Å². The minimum absolute atomic E-state index is 0.0863. The third kappa shape index (κ3) is 3.84. The van der Waals surface area contributed by atoms with E-state index in [9.17, 15) is 9.90 Å². The Morgan fingerprint density at radius 2 is 1.75 bits per heavy atom. The number of aromatic nitrogens is 2. The highest BCUT2D eigenvalue weighted by Gasteiger charge is 2.18. The molecular weight excluding hydrogens is 422 g/mol. The summed E-state index contributed by atoms with van der Waals surface area (Å²) in [5.74, 6) is -0.351. The maximum Gasteiger partial charge on any atom is 0.270 e. The quantitative estimate of drug-likeness (QED) is 0.337. The molecule has 0 saturated carbocycles. The lowest BCUT2D eigenvalue weighted by atomic mass is 10.1. The van der Waals surface area contributed by atoms with Crippen LogP contribution < -0.4 is 5.32 Å². The minimum Gasteiger partial charge on any atom is -0.387 e. The highest BCUT2D eigenvalue weighted by molar-refractivity contribution is 6.31. The molecule has 0 radical (unpaired) electrons. The highest BCUT2D eigenvalue weighted by Crippen LogP contribution is 2.33. The molecule has 0 aliphatic rings. The second kappa shape index (κ2) is 8.46. The molecule has 0 aliphatic carbocycles. The lowest BCUT2D eigenvalue weighted by Crippen LogP contribution is -2.29. The number of fused-ring (bicyclic) bond motifs is 3. The van der Waals surface area contributed by atoms with Crippen molar-refractivity contribution in [3.05, 3.63) is 101 Å². The average Bonchev–Trinajstić information content (AvgIpc) is 3.21. The molecule has 3 aromatic carbocycles. The van der Waals surface area contributed by atoms with Crippen molar-refractivity contribution in [1.29, 1.82) is 0 Å². The van der Waals surface area contributed by atoms with Gasteiger partial charge in [0, 0.05) is 33.4 Å². The van der Waals surface area contributed by atoms with Crippen LogP contribution >= 0.6 is 11.6 Å². The van der Waals surface area contributed by atoms with Gasteiger partial charge in [-0.1, -0.05) is 72.3 Å². The molecule has 3 N–H and O–H groups in total. The fourth-order valence-corrected chi connectivity index (χ4v) is 4.07. The summed E-state index contributed by atoms with van der Waals surface area (Å²) in [6.45, 7) is 0.0863. The van der Waals surface area contributed by atoms with Crippen molar-refractivity contribution in [1.82, 2.24) is 15.3 Å². The first-order chi connectivity index (χ1) is 15.6. The van der Waals surface area contributed by atoms with Gasteiger partial charge in [-0.2, -0.15) is 0 Å². The number of rotatable bonds is 5. The summed E-state index contributed by atoms with van der Waals surface area (Å²) in [5, 5.41) is 15.7. The largest absolute Gasteiger partial charge is 0.387 e. The normalized spacial score (nSPS) is 12.2. The molecule has 0 aliphatic heterocycles. The van der Waals surface area contributed by atoms with Gasteiger partial charge in [-0.3, -0.25) is 4.79 Å². The summed E-state index contributed by atoms with van der Waals surface area (Å²) in [6, 6.07) is 26.3. The fourth-order valence-electron chi connectivity index (χ4n) is 3.88. The van der Waals surface area contributed by atoms with E-state index < -0.39 is 6.10 Å². The SMILES string of the molecule is O=C(NC[C@@H](O)c1ccccc1)c1cc2c([nH]c3ccccc32)c(-c2cccc(Cl)c2)n1. The van der Waals surface area contributed by atoms with Crippen LogP contribution in [0.4, 0.5) is 0 Å². The Labute approximate surface area is 189 Å². The molecule has 158 valence electrons. The highest BCUT2D eigenvalue weighted by atomic mass is 35.5. The van der Waals surface area contributed by atoms with Crippen molar-refractivity contribution >= 4 is 39.3 Å². The van der Waals surface area contributed by atoms with Gasteiger partial charge in [0.1, 0.15) is 5.69 Å². The van der Waals surface area contributed by atoms with Crippen molar-refractivity contribution < 1.29 is 9.90 Å². The minimum atomic E-state index is -0.802. The van der Waals surface area contributed by atoms with Gasteiger partial charge < -0.3 is 15.4 Å². The lowest BCUT2D eigenvalue weighted by Gasteiger charge is -2.13. The van der Waals surface area contributed by atoms with Gasteiger partial charge in [-0.25, -0.2) is 4.98 Å². The van der Waals surface area contributed by atoms with Gasteiger partial charge in [0.25, 0.3) is 5.91 Å². The number of carbonyl (C=O) groups excluding carboxylic acids is 1. The van der Waals surface area contributed by atoms with E-state index in [0.29, 0.717) is 10.7 Å². The lowest BCUT2D eigenvalue weighted by molar-refractivity contribution is 0.0911. The van der Waals surface area contributed by atoms with E-state index >= 15 is 0 Å². The number of halogens is 1. The number of H-pyrrole nitrogens is 1. The molecule has 5 nitrogen and oxygen atoms in total. The molecule has 6 heteroatoms. The zero-order valence-electron chi connectivity index (χ0n) is 17.0. The van der Waals surface area contributed by atoms with Crippen LogP contribution in [0.15, 0.2) is 84.9 Å². The molecule has 1 atom stereocenters. The summed E-state index contributed by atoms with van der Waals surface area (Å²) < 4.78 is 0. The van der Waals surface area contributed by atoms with Crippen molar-refractivity contribution in [2.24, 2.45) is 0 Å². The maximum atomic E-state index is 13.0. The Morgan fingerprint density at radius 3 is 2.56 bits per heavy atom. The fraction of sp³-hybridized carbons (Fsp3) is 0.0769. The molecular formula is C26H20ClN3O2. The number of hydrogen-bond donors (Lipinski definition) is 3. The number of nitrogens with zero attached hydrogens (tertiary/aromatic N) is 1. The topological polar surface area (TPSA) is 78.0 Å². The molecule has 32 heavy (non-hydrogen) atoms. The molecule has 0 bridgehead atoms. The van der Waals surface area contributed by atoms with Gasteiger partial charge in [-0.15, -0.1) is 0 Å². The molecule has 0 fully saturated rings. The van der Waals surface area contributed by atoms with Gasteiger partial charge in [0.05, 0.1) is 17.3 Å². The zero-order valence-corrected chi connectivity index (χ0v) is 17.8. The van der Waals surface area contributed by atoms with Crippen LogP contribution in [0.5, 0.6) is 0 Å². The van der Waals surface area contributed by atoms with E-state index in [1.807, 2.05) is 72.8 Å². The van der Waals surface area contributed by atoms with Gasteiger partial charge >= 0.3 is 0 Å². The van der Waals surface area contributed by atoms with E-state index in [-0.39, 0.29) is 18.1 Å². The second-order valence-corrected chi connectivity index (χ2v) is 8.03. The van der Waals surface area contributed by atoms with E-state index in [4.69, 9.17) is 11.6 Å². The maximum absolute atomic E-state index is 13.0. The summed E-state index contributed by atoms with van der Waals surface area (Å²) in [4.78, 5) is 21.1. The number of aliphatic hydroxyl groups excluding tert-OH is 1. The number of benzene rings is 3.